The lowest BCUT2D eigenvalue weighted by Crippen LogP contribution is -2.46. The van der Waals surface area contributed by atoms with Crippen molar-refractivity contribution in [2.45, 2.75) is 26.0 Å². The molecule has 0 unspecified atom stereocenters. The van der Waals surface area contributed by atoms with Gasteiger partial charge in [0.1, 0.15) is 11.6 Å². The van der Waals surface area contributed by atoms with Gasteiger partial charge in [0.15, 0.2) is 6.10 Å². The van der Waals surface area contributed by atoms with Gasteiger partial charge in [-0.15, -0.1) is 0 Å². The Kier molecular flexibility index (Phi) is 5.85. The number of hydrogen-bond donors (Lipinski definition) is 2. The molecule has 8 nitrogen and oxygen atoms in total. The van der Waals surface area contributed by atoms with Crippen molar-refractivity contribution in [3.63, 3.8) is 0 Å². The van der Waals surface area contributed by atoms with Crippen LogP contribution in [0, 0.1) is 0 Å². The number of nitrogens with one attached hydrogen (secondary N) is 2. The Hall–Kier alpha value is -3.13. The fraction of sp³-hybridized carbons (Fsp3) is 0.409. The van der Waals surface area contributed by atoms with E-state index >= 15 is 0 Å². The van der Waals surface area contributed by atoms with Gasteiger partial charge in [-0.05, 0) is 36.2 Å². The number of rotatable bonds is 5. The van der Waals surface area contributed by atoms with Gasteiger partial charge in [-0.2, -0.15) is 0 Å². The summed E-state index contributed by atoms with van der Waals surface area (Å²) in [6.45, 7) is 6.32. The van der Waals surface area contributed by atoms with E-state index < -0.39 is 6.10 Å². The number of nitrogens with zero attached hydrogens (tertiary/aromatic N) is 3. The second-order valence-corrected chi connectivity index (χ2v) is 7.58. The van der Waals surface area contributed by atoms with Crippen molar-refractivity contribution in [3.05, 3.63) is 47.7 Å². The molecule has 2 aliphatic rings. The number of anilines is 2. The van der Waals surface area contributed by atoms with Crippen molar-refractivity contribution in [2.24, 2.45) is 0 Å². The van der Waals surface area contributed by atoms with E-state index in [1.165, 1.54) is 0 Å². The summed E-state index contributed by atoms with van der Waals surface area (Å²) in [7, 11) is 1.61. The average molecular weight is 409 g/mol. The van der Waals surface area contributed by atoms with Crippen LogP contribution in [0.15, 0.2) is 36.5 Å². The molecule has 1 atom stereocenters. The molecule has 30 heavy (non-hydrogen) atoms. The lowest BCUT2D eigenvalue weighted by Gasteiger charge is -2.35. The van der Waals surface area contributed by atoms with Crippen molar-refractivity contribution in [3.8, 4) is 5.75 Å². The second kappa shape index (κ2) is 8.71. The smallest absolute Gasteiger partial charge is 0.265 e. The van der Waals surface area contributed by atoms with Crippen molar-refractivity contribution in [1.29, 1.82) is 0 Å². The lowest BCUT2D eigenvalue weighted by atomic mass is 10.1. The van der Waals surface area contributed by atoms with Gasteiger partial charge in [-0.25, -0.2) is 4.98 Å². The highest BCUT2D eigenvalue weighted by Crippen LogP contribution is 2.31. The van der Waals surface area contributed by atoms with Crippen LogP contribution in [0.2, 0.25) is 0 Å². The quantitative estimate of drug-likeness (QED) is 0.784. The van der Waals surface area contributed by atoms with Crippen molar-refractivity contribution in [2.75, 3.05) is 43.4 Å². The molecule has 0 radical (unpaired) electrons. The SMILES string of the molecule is CC[C@H]1Oc2ccc(CN3CCN(c4ccc(C(=O)NC)cn4)CC3)cc2NC1=O. The van der Waals surface area contributed by atoms with Gasteiger partial charge in [0.05, 0.1) is 11.3 Å². The van der Waals surface area contributed by atoms with Gasteiger partial charge < -0.3 is 20.3 Å². The molecule has 1 saturated heterocycles. The molecule has 1 aromatic carbocycles. The Bertz CT molecular complexity index is 923. The van der Waals surface area contributed by atoms with Crippen LogP contribution in [0.4, 0.5) is 11.5 Å². The standard InChI is InChI=1S/C22H27N5O3/c1-3-18-22(29)25-17-12-15(4-6-19(17)30-18)14-26-8-10-27(11-9-26)20-7-5-16(13-24-20)21(28)23-2/h4-7,12-13,18H,3,8-11,14H2,1-2H3,(H,23,28)(H,25,29)/t18-/m1/s1. The van der Waals surface area contributed by atoms with E-state index in [2.05, 4.69) is 31.5 Å². The van der Waals surface area contributed by atoms with E-state index in [0.717, 1.165) is 55.5 Å². The Morgan fingerprint density at radius 1 is 1.23 bits per heavy atom. The third kappa shape index (κ3) is 4.23. The number of ether oxygens (including phenoxy) is 1. The van der Waals surface area contributed by atoms with E-state index in [1.54, 1.807) is 19.3 Å². The predicted octanol–water partition coefficient (Wildman–Crippen LogP) is 1.87. The summed E-state index contributed by atoms with van der Waals surface area (Å²) >= 11 is 0. The molecule has 1 aromatic heterocycles. The van der Waals surface area contributed by atoms with Crippen molar-refractivity contribution in [1.82, 2.24) is 15.2 Å². The highest BCUT2D eigenvalue weighted by molar-refractivity contribution is 5.97. The number of hydrogen-bond acceptors (Lipinski definition) is 6. The average Bonchev–Trinajstić information content (AvgIpc) is 2.78. The summed E-state index contributed by atoms with van der Waals surface area (Å²) in [5, 5.41) is 5.56. The molecule has 8 heteroatoms. The maximum absolute atomic E-state index is 12.1. The third-order valence-corrected chi connectivity index (χ3v) is 5.57. The summed E-state index contributed by atoms with van der Waals surface area (Å²) in [4.78, 5) is 32.8. The van der Waals surface area contributed by atoms with Crippen molar-refractivity contribution < 1.29 is 14.3 Å². The third-order valence-electron chi connectivity index (χ3n) is 5.57. The zero-order chi connectivity index (χ0) is 21.1. The maximum atomic E-state index is 12.1. The molecule has 4 rings (SSSR count). The Morgan fingerprint density at radius 3 is 2.70 bits per heavy atom. The second-order valence-electron chi connectivity index (χ2n) is 7.58. The number of pyridine rings is 1. The zero-order valence-corrected chi connectivity index (χ0v) is 17.4. The topological polar surface area (TPSA) is 86.8 Å². The number of aromatic nitrogens is 1. The van der Waals surface area contributed by atoms with Crippen LogP contribution in [0.5, 0.6) is 5.75 Å². The summed E-state index contributed by atoms with van der Waals surface area (Å²) in [6, 6.07) is 9.72. The first kappa shape index (κ1) is 20.2. The molecule has 2 N–H and O–H groups in total. The Balaban J connectivity index is 1.34. The van der Waals surface area contributed by atoms with Gasteiger partial charge in [0.2, 0.25) is 0 Å². The summed E-state index contributed by atoms with van der Waals surface area (Å²) < 4.78 is 5.77. The minimum Gasteiger partial charge on any atom is -0.478 e. The number of fused-ring (bicyclic) bond motifs is 1. The van der Waals surface area contributed by atoms with Crippen LogP contribution in [-0.2, 0) is 11.3 Å². The minimum atomic E-state index is -0.407. The highest BCUT2D eigenvalue weighted by Gasteiger charge is 2.26. The Labute approximate surface area is 176 Å². The van der Waals surface area contributed by atoms with Crippen LogP contribution < -0.4 is 20.3 Å². The van der Waals surface area contributed by atoms with Gasteiger partial charge in [0, 0.05) is 46.0 Å². The van der Waals surface area contributed by atoms with Gasteiger partial charge in [-0.3, -0.25) is 14.5 Å². The first-order valence-corrected chi connectivity index (χ1v) is 10.3. The number of carbonyl (C=O) groups is 2. The monoisotopic (exact) mass is 409 g/mol. The molecular formula is C22H27N5O3. The first-order chi connectivity index (χ1) is 14.6. The number of benzene rings is 1. The molecule has 0 aliphatic carbocycles. The molecule has 3 heterocycles. The highest BCUT2D eigenvalue weighted by atomic mass is 16.5. The van der Waals surface area contributed by atoms with E-state index in [1.807, 2.05) is 25.1 Å². The molecule has 0 bridgehead atoms. The van der Waals surface area contributed by atoms with Crippen LogP contribution in [0.25, 0.3) is 0 Å². The molecule has 2 amide bonds. The molecule has 0 spiro atoms. The molecule has 1 fully saturated rings. The van der Waals surface area contributed by atoms with Crippen LogP contribution in [0.1, 0.15) is 29.3 Å². The van der Waals surface area contributed by atoms with E-state index in [-0.39, 0.29) is 11.8 Å². The van der Waals surface area contributed by atoms with E-state index in [0.29, 0.717) is 12.0 Å². The molecular weight excluding hydrogens is 382 g/mol. The molecule has 0 saturated carbocycles. The minimum absolute atomic E-state index is 0.0781. The lowest BCUT2D eigenvalue weighted by molar-refractivity contribution is -0.123. The Morgan fingerprint density at radius 2 is 2.03 bits per heavy atom. The number of carbonyl (C=O) groups excluding carboxylic acids is 2. The van der Waals surface area contributed by atoms with Crippen LogP contribution >= 0.6 is 0 Å². The van der Waals surface area contributed by atoms with Gasteiger partial charge in [0.25, 0.3) is 11.8 Å². The summed E-state index contributed by atoms with van der Waals surface area (Å²) in [5.74, 6) is 1.42. The molecule has 2 aliphatic heterocycles. The normalized spacial score (nSPS) is 18.9. The fourth-order valence-corrected chi connectivity index (χ4v) is 3.81. The largest absolute Gasteiger partial charge is 0.478 e. The number of amides is 2. The zero-order valence-electron chi connectivity index (χ0n) is 17.4. The molecule has 2 aromatic rings. The fourth-order valence-electron chi connectivity index (χ4n) is 3.81. The van der Waals surface area contributed by atoms with E-state index in [9.17, 15) is 9.59 Å². The molecule has 158 valence electrons. The summed E-state index contributed by atoms with van der Waals surface area (Å²) in [5.41, 5.74) is 2.46. The summed E-state index contributed by atoms with van der Waals surface area (Å²) in [6.07, 6.45) is 1.86. The van der Waals surface area contributed by atoms with Gasteiger partial charge in [-0.1, -0.05) is 13.0 Å². The van der Waals surface area contributed by atoms with Crippen LogP contribution in [-0.4, -0.2) is 61.0 Å². The van der Waals surface area contributed by atoms with Crippen LogP contribution in [0.3, 0.4) is 0 Å². The van der Waals surface area contributed by atoms with Gasteiger partial charge >= 0.3 is 0 Å². The predicted molar refractivity (Wildman–Crippen MR) is 115 cm³/mol. The first-order valence-electron chi connectivity index (χ1n) is 10.3. The maximum Gasteiger partial charge on any atom is 0.265 e. The number of piperazine rings is 1. The van der Waals surface area contributed by atoms with E-state index in [4.69, 9.17) is 4.74 Å². The van der Waals surface area contributed by atoms with Crippen molar-refractivity contribution >= 4 is 23.3 Å².